The Morgan fingerprint density at radius 1 is 0.783 bits per heavy atom. The zero-order valence-electron chi connectivity index (χ0n) is 13.4. The highest BCUT2D eigenvalue weighted by atomic mass is 15.3. The predicted molar refractivity (Wildman–Crippen MR) is 94.8 cm³/mol. The third kappa shape index (κ3) is 2.94. The molecule has 0 spiro atoms. The van der Waals surface area contributed by atoms with Crippen LogP contribution in [0.4, 0.5) is 0 Å². The molecule has 1 heterocycles. The van der Waals surface area contributed by atoms with Gasteiger partial charge in [0.2, 0.25) is 0 Å². The summed E-state index contributed by atoms with van der Waals surface area (Å²) in [5.41, 5.74) is 4.81. The monoisotopic (exact) mass is 302 g/mol. The summed E-state index contributed by atoms with van der Waals surface area (Å²) < 4.78 is 2.11. The van der Waals surface area contributed by atoms with E-state index in [-0.39, 0.29) is 0 Å². The van der Waals surface area contributed by atoms with Gasteiger partial charge in [-0.05, 0) is 31.0 Å². The highest BCUT2D eigenvalue weighted by molar-refractivity contribution is 5.62. The normalized spacial score (nSPS) is 15.7. The first kappa shape index (κ1) is 14.3. The molecule has 3 aromatic rings. The van der Waals surface area contributed by atoms with E-state index in [0.717, 1.165) is 5.69 Å². The van der Waals surface area contributed by atoms with E-state index < -0.39 is 0 Å². The van der Waals surface area contributed by atoms with Gasteiger partial charge >= 0.3 is 0 Å². The fourth-order valence-corrected chi connectivity index (χ4v) is 3.58. The van der Waals surface area contributed by atoms with E-state index >= 15 is 0 Å². The van der Waals surface area contributed by atoms with Crippen molar-refractivity contribution in [2.24, 2.45) is 0 Å². The topological polar surface area (TPSA) is 17.8 Å². The van der Waals surface area contributed by atoms with E-state index in [1.807, 2.05) is 0 Å². The molecule has 0 unspecified atom stereocenters. The fourth-order valence-electron chi connectivity index (χ4n) is 3.58. The second-order valence-electron chi connectivity index (χ2n) is 6.40. The van der Waals surface area contributed by atoms with E-state index in [1.165, 1.54) is 49.1 Å². The summed E-state index contributed by atoms with van der Waals surface area (Å²) in [5, 5.41) is 5.00. The predicted octanol–water partition coefficient (Wildman–Crippen LogP) is 5.59. The molecule has 0 amide bonds. The second-order valence-corrected chi connectivity index (χ2v) is 6.40. The lowest BCUT2D eigenvalue weighted by atomic mass is 9.87. The van der Waals surface area contributed by atoms with Gasteiger partial charge in [0.1, 0.15) is 0 Å². The smallest absolute Gasteiger partial charge is 0.0743 e. The molecule has 4 rings (SSSR count). The van der Waals surface area contributed by atoms with Crippen molar-refractivity contribution in [3.05, 3.63) is 72.4 Å². The maximum atomic E-state index is 5.00. The first-order chi connectivity index (χ1) is 11.4. The molecule has 0 atom stereocenters. The molecule has 116 valence electrons. The summed E-state index contributed by atoms with van der Waals surface area (Å²) in [6.07, 6.45) is 6.61. The maximum absolute atomic E-state index is 5.00. The number of nitrogens with zero attached hydrogens (tertiary/aromatic N) is 2. The van der Waals surface area contributed by atoms with Crippen molar-refractivity contribution in [2.45, 2.75) is 38.0 Å². The Balaban J connectivity index is 1.81. The molecule has 1 aliphatic rings. The molecule has 2 heteroatoms. The largest absolute Gasteiger partial charge is 0.233 e. The molecule has 0 aliphatic heterocycles. The number of hydrogen-bond donors (Lipinski definition) is 0. The Morgan fingerprint density at radius 3 is 2.13 bits per heavy atom. The third-order valence-electron chi connectivity index (χ3n) is 4.82. The van der Waals surface area contributed by atoms with Crippen molar-refractivity contribution in [1.29, 1.82) is 0 Å². The van der Waals surface area contributed by atoms with Gasteiger partial charge in [-0.25, -0.2) is 4.68 Å². The van der Waals surface area contributed by atoms with Crippen LogP contribution in [0.1, 0.15) is 43.7 Å². The van der Waals surface area contributed by atoms with Crippen LogP contribution >= 0.6 is 0 Å². The highest BCUT2D eigenvalue weighted by Gasteiger charge is 2.21. The maximum Gasteiger partial charge on any atom is 0.0743 e. The van der Waals surface area contributed by atoms with Crippen molar-refractivity contribution in [3.63, 3.8) is 0 Å². The minimum atomic E-state index is 0.621. The lowest BCUT2D eigenvalue weighted by Crippen LogP contribution is -2.06. The van der Waals surface area contributed by atoms with Gasteiger partial charge in [0, 0.05) is 11.5 Å². The average molecular weight is 302 g/mol. The van der Waals surface area contributed by atoms with Gasteiger partial charge in [-0.1, -0.05) is 67.8 Å². The van der Waals surface area contributed by atoms with E-state index in [4.69, 9.17) is 5.10 Å². The average Bonchev–Trinajstić information content (AvgIpc) is 3.09. The molecule has 23 heavy (non-hydrogen) atoms. The van der Waals surface area contributed by atoms with Gasteiger partial charge in [0.05, 0.1) is 17.1 Å². The fraction of sp³-hybridized carbons (Fsp3) is 0.286. The van der Waals surface area contributed by atoms with Gasteiger partial charge in [0.25, 0.3) is 0 Å². The van der Waals surface area contributed by atoms with Crippen LogP contribution in [0.3, 0.4) is 0 Å². The van der Waals surface area contributed by atoms with Crippen LogP contribution in [0, 0.1) is 0 Å². The molecule has 1 aromatic heterocycles. The van der Waals surface area contributed by atoms with Crippen LogP contribution in [0.25, 0.3) is 16.9 Å². The van der Waals surface area contributed by atoms with Crippen molar-refractivity contribution in [1.82, 2.24) is 9.78 Å². The van der Waals surface area contributed by atoms with Crippen molar-refractivity contribution >= 4 is 0 Å². The Bertz CT molecular complexity index is 696. The molecule has 0 N–H and O–H groups in total. The van der Waals surface area contributed by atoms with E-state index in [1.54, 1.807) is 0 Å². The standard InChI is InChI=1S/C21H22N2/c1-4-10-17(11-5-1)20-16-21(18-12-6-2-7-13-18)23(22-20)19-14-8-3-9-15-19/h2-3,6-9,12-17H,1,4-5,10-11H2. The highest BCUT2D eigenvalue weighted by Crippen LogP contribution is 2.34. The lowest BCUT2D eigenvalue weighted by molar-refractivity contribution is 0.435. The molecule has 1 fully saturated rings. The quantitative estimate of drug-likeness (QED) is 0.617. The molecule has 0 radical (unpaired) electrons. The van der Waals surface area contributed by atoms with Crippen molar-refractivity contribution in [2.75, 3.05) is 0 Å². The summed E-state index contributed by atoms with van der Waals surface area (Å²) in [5.74, 6) is 0.621. The summed E-state index contributed by atoms with van der Waals surface area (Å²) in [6, 6.07) is 23.4. The van der Waals surface area contributed by atoms with Gasteiger partial charge in [0.15, 0.2) is 0 Å². The van der Waals surface area contributed by atoms with Crippen LogP contribution in [0.2, 0.25) is 0 Å². The third-order valence-corrected chi connectivity index (χ3v) is 4.82. The number of benzene rings is 2. The Hall–Kier alpha value is -2.35. The SMILES string of the molecule is c1ccc(-c2cc(C3CCCCC3)nn2-c2ccccc2)cc1. The number of rotatable bonds is 3. The second kappa shape index (κ2) is 6.41. The Labute approximate surface area is 137 Å². The zero-order chi connectivity index (χ0) is 15.5. The van der Waals surface area contributed by atoms with E-state index in [9.17, 15) is 0 Å². The molecule has 2 aromatic carbocycles. The summed E-state index contributed by atoms with van der Waals surface area (Å²) in [4.78, 5) is 0. The van der Waals surface area contributed by atoms with E-state index in [0.29, 0.717) is 5.92 Å². The van der Waals surface area contributed by atoms with Crippen LogP contribution in [0.5, 0.6) is 0 Å². The molecule has 0 bridgehead atoms. The lowest BCUT2D eigenvalue weighted by Gasteiger charge is -2.19. The van der Waals surface area contributed by atoms with Gasteiger partial charge in [-0.3, -0.25) is 0 Å². The van der Waals surface area contributed by atoms with Crippen LogP contribution in [0.15, 0.2) is 66.7 Å². The minimum absolute atomic E-state index is 0.621. The summed E-state index contributed by atoms with van der Waals surface area (Å²) in [6.45, 7) is 0. The Morgan fingerprint density at radius 2 is 1.43 bits per heavy atom. The Kier molecular flexibility index (Phi) is 3.97. The summed E-state index contributed by atoms with van der Waals surface area (Å²) >= 11 is 0. The first-order valence-corrected chi connectivity index (χ1v) is 8.62. The molecule has 1 saturated carbocycles. The first-order valence-electron chi connectivity index (χ1n) is 8.62. The van der Waals surface area contributed by atoms with Crippen LogP contribution in [-0.4, -0.2) is 9.78 Å². The van der Waals surface area contributed by atoms with Crippen molar-refractivity contribution in [3.8, 4) is 16.9 Å². The number of aromatic nitrogens is 2. The summed E-state index contributed by atoms with van der Waals surface area (Å²) in [7, 11) is 0. The molecular weight excluding hydrogens is 280 g/mol. The van der Waals surface area contributed by atoms with Gasteiger partial charge in [-0.2, -0.15) is 5.10 Å². The van der Waals surface area contributed by atoms with E-state index in [2.05, 4.69) is 71.4 Å². The van der Waals surface area contributed by atoms with Crippen molar-refractivity contribution < 1.29 is 0 Å². The molecule has 0 saturated heterocycles. The minimum Gasteiger partial charge on any atom is -0.233 e. The number of hydrogen-bond acceptors (Lipinski definition) is 1. The molecular formula is C21H22N2. The molecule has 2 nitrogen and oxygen atoms in total. The van der Waals surface area contributed by atoms with Crippen LogP contribution < -0.4 is 0 Å². The van der Waals surface area contributed by atoms with Gasteiger partial charge in [-0.15, -0.1) is 0 Å². The van der Waals surface area contributed by atoms with Crippen LogP contribution in [-0.2, 0) is 0 Å². The van der Waals surface area contributed by atoms with Gasteiger partial charge < -0.3 is 0 Å². The zero-order valence-corrected chi connectivity index (χ0v) is 13.4. The molecule has 1 aliphatic carbocycles. The number of para-hydroxylation sites is 1.